The van der Waals surface area contributed by atoms with Gasteiger partial charge in [0.25, 0.3) is 5.79 Å². The standard InChI is InChI=1S/C33H38O2/c1-3-4-5-6-7-10-18-27(2)33(34-29-21-11-8-12-22-29,35-30-23-13-9-14-24-30)32-26-17-20-28-19-15-16-25-31(28)32/h8-9,11-17,19-27H,3-7,10,18H2,1-2H3. The molecule has 0 aliphatic heterocycles. The van der Waals surface area contributed by atoms with Crippen LogP contribution in [0.25, 0.3) is 10.8 Å². The molecule has 0 spiro atoms. The Morgan fingerprint density at radius 2 is 1.14 bits per heavy atom. The number of para-hydroxylation sites is 2. The van der Waals surface area contributed by atoms with Crippen LogP contribution in [0.3, 0.4) is 0 Å². The summed E-state index contributed by atoms with van der Waals surface area (Å²) in [7, 11) is 0. The van der Waals surface area contributed by atoms with E-state index in [4.69, 9.17) is 9.47 Å². The summed E-state index contributed by atoms with van der Waals surface area (Å²) in [6, 6.07) is 35.2. The second-order valence-corrected chi connectivity index (χ2v) is 9.48. The van der Waals surface area contributed by atoms with Crippen LogP contribution in [0.5, 0.6) is 11.5 Å². The Morgan fingerprint density at radius 1 is 0.600 bits per heavy atom. The lowest BCUT2D eigenvalue weighted by atomic mass is 9.85. The molecule has 0 amide bonds. The molecule has 0 bridgehead atoms. The third kappa shape index (κ3) is 6.25. The molecule has 35 heavy (non-hydrogen) atoms. The molecule has 0 aliphatic carbocycles. The Kier molecular flexibility index (Phi) is 8.84. The number of benzene rings is 4. The Bertz CT molecular complexity index is 1110. The predicted octanol–water partition coefficient (Wildman–Crippen LogP) is 9.54. The smallest absolute Gasteiger partial charge is 0.281 e. The lowest BCUT2D eigenvalue weighted by molar-refractivity contribution is -0.162. The minimum Gasteiger partial charge on any atom is -0.448 e. The first-order valence-electron chi connectivity index (χ1n) is 13.2. The van der Waals surface area contributed by atoms with E-state index in [1.54, 1.807) is 0 Å². The summed E-state index contributed by atoms with van der Waals surface area (Å²) in [4.78, 5) is 0. The van der Waals surface area contributed by atoms with Gasteiger partial charge in [0.2, 0.25) is 0 Å². The van der Waals surface area contributed by atoms with Crippen LogP contribution in [0, 0.1) is 5.92 Å². The molecule has 2 heteroatoms. The Hall–Kier alpha value is -3.26. The van der Waals surface area contributed by atoms with Gasteiger partial charge in [0.05, 0.1) is 0 Å². The molecule has 0 N–H and O–H groups in total. The van der Waals surface area contributed by atoms with Crippen molar-refractivity contribution in [2.45, 2.75) is 64.6 Å². The van der Waals surface area contributed by atoms with Crippen molar-refractivity contribution in [2.75, 3.05) is 0 Å². The minimum atomic E-state index is -0.965. The van der Waals surface area contributed by atoms with Crippen molar-refractivity contribution in [3.63, 3.8) is 0 Å². The average Bonchev–Trinajstić information content (AvgIpc) is 2.91. The molecule has 1 unspecified atom stereocenters. The van der Waals surface area contributed by atoms with Crippen LogP contribution in [0.1, 0.15) is 64.4 Å². The minimum absolute atomic E-state index is 0.125. The summed E-state index contributed by atoms with van der Waals surface area (Å²) in [5.41, 5.74) is 1.07. The van der Waals surface area contributed by atoms with Gasteiger partial charge in [-0.05, 0) is 41.5 Å². The average molecular weight is 467 g/mol. The van der Waals surface area contributed by atoms with Crippen molar-refractivity contribution in [3.05, 3.63) is 109 Å². The van der Waals surface area contributed by atoms with E-state index in [-0.39, 0.29) is 5.92 Å². The molecule has 2 nitrogen and oxygen atoms in total. The van der Waals surface area contributed by atoms with E-state index in [2.05, 4.69) is 56.3 Å². The van der Waals surface area contributed by atoms with Crippen LogP contribution in [0.15, 0.2) is 103 Å². The third-order valence-electron chi connectivity index (χ3n) is 6.83. The lowest BCUT2D eigenvalue weighted by Crippen LogP contribution is -2.45. The highest BCUT2D eigenvalue weighted by Crippen LogP contribution is 2.42. The monoisotopic (exact) mass is 466 g/mol. The largest absolute Gasteiger partial charge is 0.448 e. The van der Waals surface area contributed by atoms with Crippen molar-refractivity contribution in [1.82, 2.24) is 0 Å². The zero-order valence-electron chi connectivity index (χ0n) is 21.2. The number of hydrogen-bond donors (Lipinski definition) is 0. The van der Waals surface area contributed by atoms with Crippen molar-refractivity contribution in [1.29, 1.82) is 0 Å². The van der Waals surface area contributed by atoms with Crippen molar-refractivity contribution < 1.29 is 9.47 Å². The van der Waals surface area contributed by atoms with Crippen LogP contribution >= 0.6 is 0 Å². The molecule has 1 atom stereocenters. The van der Waals surface area contributed by atoms with Gasteiger partial charge in [-0.25, -0.2) is 0 Å². The molecule has 182 valence electrons. The van der Waals surface area contributed by atoms with Gasteiger partial charge in [0.15, 0.2) is 0 Å². The van der Waals surface area contributed by atoms with Gasteiger partial charge in [-0.2, -0.15) is 0 Å². The molecule has 0 radical (unpaired) electrons. The summed E-state index contributed by atoms with van der Waals surface area (Å²) in [6.45, 7) is 4.54. The van der Waals surface area contributed by atoms with Gasteiger partial charge in [-0.1, -0.05) is 131 Å². The van der Waals surface area contributed by atoms with Gasteiger partial charge >= 0.3 is 0 Å². The van der Waals surface area contributed by atoms with E-state index < -0.39 is 5.79 Å². The van der Waals surface area contributed by atoms with E-state index in [9.17, 15) is 0 Å². The predicted molar refractivity (Wildman–Crippen MR) is 147 cm³/mol. The molecule has 0 aliphatic rings. The molecule has 0 heterocycles. The molecule has 0 aromatic heterocycles. The van der Waals surface area contributed by atoms with Gasteiger partial charge in [-0.15, -0.1) is 0 Å². The zero-order valence-corrected chi connectivity index (χ0v) is 21.2. The SMILES string of the molecule is CCCCCCCCC(C)C(Oc1ccccc1)(Oc1ccccc1)c1cccc2ccccc12. The highest BCUT2D eigenvalue weighted by atomic mass is 16.7. The summed E-state index contributed by atoms with van der Waals surface area (Å²) < 4.78 is 13.9. The van der Waals surface area contributed by atoms with E-state index in [0.29, 0.717) is 0 Å². The van der Waals surface area contributed by atoms with E-state index in [1.165, 1.54) is 37.5 Å². The van der Waals surface area contributed by atoms with Crippen LogP contribution in [-0.4, -0.2) is 0 Å². The van der Waals surface area contributed by atoms with Crippen LogP contribution in [-0.2, 0) is 5.79 Å². The Morgan fingerprint density at radius 3 is 1.80 bits per heavy atom. The molecule has 4 rings (SSSR count). The molecule has 0 saturated heterocycles. The fraction of sp³-hybridized carbons (Fsp3) is 0.333. The molecule has 0 saturated carbocycles. The number of ether oxygens (including phenoxy) is 2. The molecular formula is C33H38O2. The number of hydrogen-bond acceptors (Lipinski definition) is 2. The van der Waals surface area contributed by atoms with Gasteiger partial charge in [0.1, 0.15) is 11.5 Å². The topological polar surface area (TPSA) is 18.5 Å². The zero-order chi connectivity index (χ0) is 24.3. The maximum Gasteiger partial charge on any atom is 0.281 e. The molecule has 4 aromatic carbocycles. The third-order valence-corrected chi connectivity index (χ3v) is 6.83. The lowest BCUT2D eigenvalue weighted by Gasteiger charge is -2.40. The van der Waals surface area contributed by atoms with E-state index in [1.807, 2.05) is 60.7 Å². The van der Waals surface area contributed by atoms with Gasteiger partial charge in [0, 0.05) is 11.5 Å². The summed E-state index contributed by atoms with van der Waals surface area (Å²) in [6.07, 6.45) is 8.64. The fourth-order valence-corrected chi connectivity index (χ4v) is 4.87. The van der Waals surface area contributed by atoms with Gasteiger partial charge < -0.3 is 9.47 Å². The first-order chi connectivity index (χ1) is 17.2. The van der Waals surface area contributed by atoms with Gasteiger partial charge in [-0.3, -0.25) is 0 Å². The van der Waals surface area contributed by atoms with Crippen LogP contribution < -0.4 is 9.47 Å². The van der Waals surface area contributed by atoms with Crippen LogP contribution in [0.2, 0.25) is 0 Å². The second kappa shape index (κ2) is 12.4. The first kappa shape index (κ1) is 24.9. The number of rotatable bonds is 13. The first-order valence-corrected chi connectivity index (χ1v) is 13.2. The fourth-order valence-electron chi connectivity index (χ4n) is 4.87. The summed E-state index contributed by atoms with van der Waals surface area (Å²) in [5, 5.41) is 2.35. The second-order valence-electron chi connectivity index (χ2n) is 9.48. The summed E-state index contributed by atoms with van der Waals surface area (Å²) >= 11 is 0. The van der Waals surface area contributed by atoms with E-state index >= 15 is 0 Å². The van der Waals surface area contributed by atoms with Crippen molar-refractivity contribution in [3.8, 4) is 11.5 Å². The quantitative estimate of drug-likeness (QED) is 0.144. The maximum atomic E-state index is 6.94. The number of fused-ring (bicyclic) bond motifs is 1. The molecular weight excluding hydrogens is 428 g/mol. The maximum absolute atomic E-state index is 6.94. The van der Waals surface area contributed by atoms with Crippen molar-refractivity contribution in [2.24, 2.45) is 5.92 Å². The summed E-state index contributed by atoms with van der Waals surface area (Å²) in [5.74, 6) is 0.782. The Balaban J connectivity index is 1.76. The van der Waals surface area contributed by atoms with Crippen LogP contribution in [0.4, 0.5) is 0 Å². The molecule has 4 aromatic rings. The van der Waals surface area contributed by atoms with Crippen molar-refractivity contribution >= 4 is 10.8 Å². The van der Waals surface area contributed by atoms with E-state index in [0.717, 1.165) is 35.3 Å². The highest BCUT2D eigenvalue weighted by molar-refractivity contribution is 5.86. The highest BCUT2D eigenvalue weighted by Gasteiger charge is 2.44. The number of unbranched alkanes of at least 4 members (excludes halogenated alkanes) is 5. The molecule has 0 fully saturated rings. The Labute approximate surface area is 210 Å². The normalized spacial score (nSPS) is 12.4.